The highest BCUT2D eigenvalue weighted by Crippen LogP contribution is 2.29. The number of hydrogen-bond acceptors (Lipinski definition) is 2. The fourth-order valence-electron chi connectivity index (χ4n) is 2.48. The molecule has 0 N–H and O–H groups in total. The van der Waals surface area contributed by atoms with E-state index >= 15 is 0 Å². The molecule has 0 aliphatic carbocycles. The third-order valence-electron chi connectivity index (χ3n) is 3.82. The minimum absolute atomic E-state index is 0.0721. The van der Waals surface area contributed by atoms with E-state index in [4.69, 9.17) is 23.2 Å². The molecule has 4 nitrogen and oxygen atoms in total. The number of nitrogens with zero attached hydrogens (tertiary/aromatic N) is 2. The number of anilines is 1. The van der Waals surface area contributed by atoms with Crippen molar-refractivity contribution in [3.05, 3.63) is 64.1 Å². The third kappa shape index (κ3) is 5.21. The summed E-state index contributed by atoms with van der Waals surface area (Å²) in [5.41, 5.74) is 1.51. The average molecular weight is 379 g/mol. The molecule has 0 saturated heterocycles. The van der Waals surface area contributed by atoms with Crippen LogP contribution in [-0.2, 0) is 16.1 Å². The Morgan fingerprint density at radius 1 is 1.04 bits per heavy atom. The van der Waals surface area contributed by atoms with Crippen molar-refractivity contribution in [3.63, 3.8) is 0 Å². The molecular weight excluding hydrogens is 359 g/mol. The molecule has 0 atom stereocenters. The van der Waals surface area contributed by atoms with Crippen molar-refractivity contribution in [2.24, 2.45) is 0 Å². The Morgan fingerprint density at radius 3 is 2.28 bits per heavy atom. The lowest BCUT2D eigenvalue weighted by molar-refractivity contribution is -0.131. The summed E-state index contributed by atoms with van der Waals surface area (Å²) >= 11 is 12.1. The second-order valence-electron chi connectivity index (χ2n) is 5.59. The number of amides is 2. The van der Waals surface area contributed by atoms with Crippen molar-refractivity contribution in [1.82, 2.24) is 4.90 Å². The molecular formula is C19H20Cl2N2O2. The van der Waals surface area contributed by atoms with E-state index < -0.39 is 0 Å². The van der Waals surface area contributed by atoms with Crippen molar-refractivity contribution in [2.75, 3.05) is 18.0 Å². The lowest BCUT2D eigenvalue weighted by atomic mass is 10.2. The van der Waals surface area contributed by atoms with Crippen LogP contribution in [-0.4, -0.2) is 29.8 Å². The Kier molecular flexibility index (Phi) is 6.85. The normalized spacial score (nSPS) is 10.4. The van der Waals surface area contributed by atoms with Crippen molar-refractivity contribution >= 4 is 40.7 Å². The molecule has 2 aromatic rings. The van der Waals surface area contributed by atoms with E-state index in [1.165, 1.54) is 11.8 Å². The lowest BCUT2D eigenvalue weighted by Gasteiger charge is -2.27. The maximum absolute atomic E-state index is 12.7. The van der Waals surface area contributed by atoms with Gasteiger partial charge < -0.3 is 9.80 Å². The number of likely N-dealkylation sites (N-methyl/N-ethyl adjacent to an activating group) is 1. The maximum atomic E-state index is 12.7. The van der Waals surface area contributed by atoms with Gasteiger partial charge in [0, 0.05) is 25.0 Å². The topological polar surface area (TPSA) is 40.6 Å². The first-order chi connectivity index (χ1) is 11.9. The van der Waals surface area contributed by atoms with Gasteiger partial charge in [-0.1, -0.05) is 53.5 Å². The molecule has 0 spiro atoms. The van der Waals surface area contributed by atoms with Crippen LogP contribution >= 0.6 is 23.2 Å². The molecule has 0 aliphatic heterocycles. The first-order valence-corrected chi connectivity index (χ1v) is 8.72. The summed E-state index contributed by atoms with van der Waals surface area (Å²) in [5, 5.41) is 0.810. The van der Waals surface area contributed by atoms with Crippen molar-refractivity contribution in [3.8, 4) is 0 Å². The molecule has 132 valence electrons. The largest absolute Gasteiger partial charge is 0.337 e. The Labute approximate surface area is 157 Å². The van der Waals surface area contributed by atoms with Gasteiger partial charge in [0.05, 0.1) is 10.7 Å². The van der Waals surface area contributed by atoms with E-state index in [1.54, 1.807) is 23.1 Å². The number of carbonyl (C=O) groups is 2. The van der Waals surface area contributed by atoms with E-state index in [-0.39, 0.29) is 18.4 Å². The monoisotopic (exact) mass is 378 g/mol. The predicted molar refractivity (Wildman–Crippen MR) is 102 cm³/mol. The van der Waals surface area contributed by atoms with Gasteiger partial charge in [-0.2, -0.15) is 0 Å². The molecule has 2 aromatic carbocycles. The van der Waals surface area contributed by atoms with E-state index in [0.717, 1.165) is 5.56 Å². The molecule has 0 heterocycles. The van der Waals surface area contributed by atoms with Crippen molar-refractivity contribution in [2.45, 2.75) is 20.4 Å². The van der Waals surface area contributed by atoms with E-state index in [1.807, 2.05) is 37.3 Å². The van der Waals surface area contributed by atoms with Gasteiger partial charge in [0.25, 0.3) is 0 Å². The van der Waals surface area contributed by atoms with Gasteiger partial charge in [-0.25, -0.2) is 0 Å². The number of halogens is 2. The summed E-state index contributed by atoms with van der Waals surface area (Å²) in [5.74, 6) is -0.402. The maximum Gasteiger partial charge on any atom is 0.242 e. The third-order valence-corrected chi connectivity index (χ3v) is 4.36. The lowest BCUT2D eigenvalue weighted by Crippen LogP contribution is -2.42. The molecule has 0 saturated carbocycles. The zero-order valence-electron chi connectivity index (χ0n) is 14.2. The molecule has 0 aliphatic rings. The molecule has 0 bridgehead atoms. The predicted octanol–water partition coefficient (Wildman–Crippen LogP) is 4.40. The van der Waals surface area contributed by atoms with Crippen LogP contribution in [0.1, 0.15) is 19.4 Å². The first kappa shape index (κ1) is 19.3. The summed E-state index contributed by atoms with van der Waals surface area (Å²) in [6.07, 6.45) is 0. The van der Waals surface area contributed by atoms with E-state index in [0.29, 0.717) is 28.8 Å². The Hall–Kier alpha value is -2.04. The van der Waals surface area contributed by atoms with Gasteiger partial charge in [0.2, 0.25) is 11.8 Å². The number of rotatable bonds is 6. The second-order valence-corrected chi connectivity index (χ2v) is 6.44. The molecule has 0 radical (unpaired) electrons. The van der Waals surface area contributed by atoms with Gasteiger partial charge in [0.1, 0.15) is 6.54 Å². The molecule has 6 heteroatoms. The van der Waals surface area contributed by atoms with Crippen LogP contribution in [0.15, 0.2) is 48.5 Å². The molecule has 0 unspecified atom stereocenters. The number of hydrogen-bond donors (Lipinski definition) is 0. The highest BCUT2D eigenvalue weighted by molar-refractivity contribution is 6.36. The van der Waals surface area contributed by atoms with Crippen molar-refractivity contribution in [1.29, 1.82) is 0 Å². The highest BCUT2D eigenvalue weighted by atomic mass is 35.5. The Balaban J connectivity index is 2.17. The van der Waals surface area contributed by atoms with Crippen LogP contribution in [0.5, 0.6) is 0 Å². The Bertz CT molecular complexity index is 750. The summed E-state index contributed by atoms with van der Waals surface area (Å²) in [6, 6.07) is 14.6. The zero-order valence-corrected chi connectivity index (χ0v) is 15.7. The minimum atomic E-state index is -0.256. The van der Waals surface area contributed by atoms with Crippen LogP contribution in [0.2, 0.25) is 10.0 Å². The Morgan fingerprint density at radius 2 is 1.72 bits per heavy atom. The van der Waals surface area contributed by atoms with Crippen LogP contribution in [0.4, 0.5) is 5.69 Å². The standard InChI is InChI=1S/C19H20Cl2N2O2/c1-3-22(12-15-7-5-4-6-8-15)19(25)13-23(14(2)24)18-10-9-16(20)11-17(18)21/h4-11H,3,12-13H2,1-2H3. The highest BCUT2D eigenvalue weighted by Gasteiger charge is 2.21. The van der Waals surface area contributed by atoms with E-state index in [2.05, 4.69) is 0 Å². The molecule has 2 rings (SSSR count). The van der Waals surface area contributed by atoms with Gasteiger partial charge in [-0.3, -0.25) is 9.59 Å². The minimum Gasteiger partial charge on any atom is -0.337 e. The second kappa shape index (κ2) is 8.88. The van der Waals surface area contributed by atoms with Crippen LogP contribution in [0, 0.1) is 0 Å². The summed E-state index contributed by atoms with van der Waals surface area (Å²) < 4.78 is 0. The molecule has 25 heavy (non-hydrogen) atoms. The van der Waals surface area contributed by atoms with E-state index in [9.17, 15) is 9.59 Å². The first-order valence-electron chi connectivity index (χ1n) is 7.97. The van der Waals surface area contributed by atoms with Crippen LogP contribution < -0.4 is 4.90 Å². The average Bonchev–Trinajstić information content (AvgIpc) is 2.58. The van der Waals surface area contributed by atoms with Gasteiger partial charge in [0.15, 0.2) is 0 Å². The molecule has 0 aromatic heterocycles. The summed E-state index contributed by atoms with van der Waals surface area (Å²) in [7, 11) is 0. The fraction of sp³-hybridized carbons (Fsp3) is 0.263. The smallest absolute Gasteiger partial charge is 0.242 e. The number of carbonyl (C=O) groups excluding carboxylic acids is 2. The summed E-state index contributed by atoms with van der Waals surface area (Å²) in [6.45, 7) is 4.29. The molecule has 0 fully saturated rings. The fourth-order valence-corrected chi connectivity index (χ4v) is 2.99. The quantitative estimate of drug-likeness (QED) is 0.747. The van der Waals surface area contributed by atoms with Crippen LogP contribution in [0.3, 0.4) is 0 Å². The molecule has 2 amide bonds. The number of benzene rings is 2. The van der Waals surface area contributed by atoms with Crippen molar-refractivity contribution < 1.29 is 9.59 Å². The van der Waals surface area contributed by atoms with Gasteiger partial charge in [-0.05, 0) is 30.7 Å². The van der Waals surface area contributed by atoms with Gasteiger partial charge >= 0.3 is 0 Å². The zero-order chi connectivity index (χ0) is 18.4. The SMILES string of the molecule is CCN(Cc1ccccc1)C(=O)CN(C(C)=O)c1ccc(Cl)cc1Cl. The summed E-state index contributed by atoms with van der Waals surface area (Å²) in [4.78, 5) is 27.8. The van der Waals surface area contributed by atoms with Gasteiger partial charge in [-0.15, -0.1) is 0 Å². The van der Waals surface area contributed by atoms with Crippen LogP contribution in [0.25, 0.3) is 0 Å².